The molecule has 0 spiro atoms. The van der Waals surface area contributed by atoms with Gasteiger partial charge in [-0.2, -0.15) is 0 Å². The molecule has 27 heavy (non-hydrogen) atoms. The fourth-order valence-corrected chi connectivity index (χ4v) is 6.41. The normalized spacial score (nSPS) is 39.4. The minimum absolute atomic E-state index is 0.0822. The van der Waals surface area contributed by atoms with Gasteiger partial charge in [0.25, 0.3) is 0 Å². The quantitative estimate of drug-likeness (QED) is 0.555. The minimum atomic E-state index is -1.09. The minimum Gasteiger partial charge on any atom is -0.477 e. The Morgan fingerprint density at radius 3 is 2.63 bits per heavy atom. The summed E-state index contributed by atoms with van der Waals surface area (Å²) in [7, 11) is 1.82. The van der Waals surface area contributed by atoms with Crippen molar-refractivity contribution < 1.29 is 24.6 Å². The number of aliphatic carboxylic acids is 1. The van der Waals surface area contributed by atoms with Crippen molar-refractivity contribution in [3.8, 4) is 0 Å². The predicted octanol–water partition coefficient (Wildman–Crippen LogP) is -0.165. The fourth-order valence-electron chi connectivity index (χ4n) is 4.92. The second-order valence-electron chi connectivity index (χ2n) is 8.04. The molecule has 148 valence electrons. The molecule has 4 aliphatic heterocycles. The van der Waals surface area contributed by atoms with Gasteiger partial charge in [-0.1, -0.05) is 6.92 Å². The van der Waals surface area contributed by atoms with E-state index >= 15 is 0 Å². The van der Waals surface area contributed by atoms with Crippen molar-refractivity contribution in [1.82, 2.24) is 15.1 Å². The maximum atomic E-state index is 12.4. The van der Waals surface area contributed by atoms with Crippen LogP contribution in [0.3, 0.4) is 0 Å². The summed E-state index contributed by atoms with van der Waals surface area (Å²) in [6.07, 6.45) is 0.629. The monoisotopic (exact) mass is 395 g/mol. The Morgan fingerprint density at radius 2 is 2.07 bits per heavy atom. The van der Waals surface area contributed by atoms with Crippen LogP contribution in [0, 0.1) is 11.8 Å². The second-order valence-corrected chi connectivity index (χ2v) is 9.38. The average molecular weight is 395 g/mol. The molecule has 0 aromatic heterocycles. The Labute approximate surface area is 161 Å². The van der Waals surface area contributed by atoms with Crippen molar-refractivity contribution in [3.63, 3.8) is 0 Å². The van der Waals surface area contributed by atoms with E-state index in [0.717, 1.165) is 17.9 Å². The number of carbonyl (C=O) groups is 3. The first-order valence-electron chi connectivity index (χ1n) is 9.36. The Hall–Kier alpha value is -1.58. The number of carbonyl (C=O) groups excluding carboxylic acids is 2. The van der Waals surface area contributed by atoms with Gasteiger partial charge in [-0.15, -0.1) is 11.8 Å². The molecule has 3 fully saturated rings. The van der Waals surface area contributed by atoms with Crippen LogP contribution in [0.5, 0.6) is 0 Å². The summed E-state index contributed by atoms with van der Waals surface area (Å²) in [6.45, 7) is 4.27. The summed E-state index contributed by atoms with van der Waals surface area (Å²) in [4.78, 5) is 39.6. The highest BCUT2D eigenvalue weighted by Gasteiger charge is 2.60. The number of likely N-dealkylation sites (tertiary alicyclic amines) is 1. The number of carboxylic acids is 1. The molecule has 9 heteroatoms. The lowest BCUT2D eigenvalue weighted by Crippen LogP contribution is -2.63. The van der Waals surface area contributed by atoms with Crippen LogP contribution in [-0.2, 0) is 14.4 Å². The van der Waals surface area contributed by atoms with Crippen LogP contribution < -0.4 is 5.32 Å². The highest BCUT2D eigenvalue weighted by atomic mass is 32.2. The third-order valence-electron chi connectivity index (χ3n) is 6.47. The van der Waals surface area contributed by atoms with E-state index < -0.39 is 18.0 Å². The lowest BCUT2D eigenvalue weighted by atomic mass is 9.79. The van der Waals surface area contributed by atoms with Crippen molar-refractivity contribution in [2.24, 2.45) is 11.8 Å². The van der Waals surface area contributed by atoms with Gasteiger partial charge in [0.05, 0.1) is 24.1 Å². The number of hydrogen-bond donors (Lipinski definition) is 3. The molecule has 0 aromatic carbocycles. The van der Waals surface area contributed by atoms with E-state index in [1.165, 1.54) is 16.7 Å². The van der Waals surface area contributed by atoms with Gasteiger partial charge in [0.15, 0.2) is 0 Å². The molecule has 1 unspecified atom stereocenters. The number of aliphatic hydroxyl groups excluding tert-OH is 1. The number of nitrogens with one attached hydrogen (secondary N) is 1. The van der Waals surface area contributed by atoms with Gasteiger partial charge in [-0.25, -0.2) is 4.79 Å². The van der Waals surface area contributed by atoms with Gasteiger partial charge in [-0.05, 0) is 13.3 Å². The molecule has 4 rings (SSSR count). The number of amides is 2. The number of thioether (sulfide) groups is 1. The third-order valence-corrected chi connectivity index (χ3v) is 7.98. The first-order valence-corrected chi connectivity index (χ1v) is 10.2. The maximum absolute atomic E-state index is 12.4. The largest absolute Gasteiger partial charge is 0.477 e. The van der Waals surface area contributed by atoms with E-state index in [-0.39, 0.29) is 46.8 Å². The molecule has 0 radical (unpaired) electrons. The summed E-state index contributed by atoms with van der Waals surface area (Å²) < 4.78 is 0. The molecule has 7 atom stereocenters. The molecule has 0 saturated carbocycles. The number of aliphatic hydroxyl groups is 1. The molecule has 3 saturated heterocycles. The topological polar surface area (TPSA) is 110 Å². The number of β-lactam (4-membered cyclic amide) rings is 2. The number of rotatable bonds is 5. The summed E-state index contributed by atoms with van der Waals surface area (Å²) in [5.41, 5.74) is 0.0822. The van der Waals surface area contributed by atoms with Crippen molar-refractivity contribution in [3.05, 3.63) is 10.6 Å². The average Bonchev–Trinajstić information content (AvgIpc) is 3.14. The number of carboxylic acid groups (broad SMARTS) is 1. The van der Waals surface area contributed by atoms with Gasteiger partial charge < -0.3 is 25.3 Å². The molecular formula is C18H25N3O5S. The molecular weight excluding hydrogens is 370 g/mol. The Kier molecular flexibility index (Phi) is 4.51. The van der Waals surface area contributed by atoms with Crippen LogP contribution >= 0.6 is 11.8 Å². The Bertz CT molecular complexity index is 739. The molecule has 4 aliphatic rings. The van der Waals surface area contributed by atoms with Crippen LogP contribution in [0.4, 0.5) is 0 Å². The number of likely N-dealkylation sites (N-methyl/N-ethyl adjacent to an activating group) is 1. The Balaban J connectivity index is 1.49. The van der Waals surface area contributed by atoms with E-state index in [0.29, 0.717) is 6.42 Å². The zero-order valence-corrected chi connectivity index (χ0v) is 16.4. The molecule has 3 N–H and O–H groups in total. The fraction of sp³-hybridized carbons (Fsp3) is 0.722. The van der Waals surface area contributed by atoms with Crippen molar-refractivity contribution in [2.45, 2.75) is 56.2 Å². The number of nitrogens with zero attached hydrogens (tertiary/aromatic N) is 2. The highest BCUT2D eigenvalue weighted by molar-refractivity contribution is 8.03. The van der Waals surface area contributed by atoms with Gasteiger partial charge >= 0.3 is 5.97 Å². The second kappa shape index (κ2) is 6.49. The number of hydrogen-bond acceptors (Lipinski definition) is 6. The summed E-state index contributed by atoms with van der Waals surface area (Å²) in [5, 5.41) is 23.3. The van der Waals surface area contributed by atoms with E-state index in [1.807, 2.05) is 14.0 Å². The van der Waals surface area contributed by atoms with Crippen LogP contribution in [0.25, 0.3) is 0 Å². The molecule has 0 aromatic rings. The molecule has 2 amide bonds. The highest BCUT2D eigenvalue weighted by Crippen LogP contribution is 2.52. The van der Waals surface area contributed by atoms with Crippen LogP contribution in [0.1, 0.15) is 26.7 Å². The number of fused-ring (bicyclic) bond motifs is 1. The summed E-state index contributed by atoms with van der Waals surface area (Å²) in [6, 6.07) is 0.157. The SMILES string of the molecule is C[C@@H](O)[C@H]1C(=O)N2C(C(=O)O)=C(S[C@@H]3CN[C@H](C4CC(=O)N4C)C3)[C@H](C)[C@H]12. The zero-order chi connectivity index (χ0) is 19.6. The molecule has 8 nitrogen and oxygen atoms in total. The van der Waals surface area contributed by atoms with Gasteiger partial charge in [0.1, 0.15) is 5.70 Å². The van der Waals surface area contributed by atoms with E-state index in [1.54, 1.807) is 11.8 Å². The standard InChI is InChI=1S/C18H25N3O5S/c1-7-14-13(8(2)22)17(24)21(14)15(18(25)26)16(7)27-9-4-10(19-6-9)11-5-12(23)20(11)3/h7-11,13-14,19,22H,4-6H2,1-3H3,(H,25,26)/t7-,8-,9+,10+,11?,13-,14-/m1/s1. The first-order chi connectivity index (χ1) is 12.7. The predicted molar refractivity (Wildman–Crippen MR) is 98.6 cm³/mol. The van der Waals surface area contributed by atoms with Crippen molar-refractivity contribution >= 4 is 29.5 Å². The van der Waals surface area contributed by atoms with Gasteiger partial charge in [0, 0.05) is 42.1 Å². The van der Waals surface area contributed by atoms with Crippen LogP contribution in [0.15, 0.2) is 10.6 Å². The molecule has 4 heterocycles. The third kappa shape index (κ3) is 2.70. The van der Waals surface area contributed by atoms with Crippen molar-refractivity contribution in [1.29, 1.82) is 0 Å². The van der Waals surface area contributed by atoms with E-state index in [9.17, 15) is 24.6 Å². The lowest BCUT2D eigenvalue weighted by molar-refractivity contribution is -0.163. The zero-order valence-electron chi connectivity index (χ0n) is 15.6. The van der Waals surface area contributed by atoms with Crippen LogP contribution in [-0.4, -0.2) is 80.9 Å². The Morgan fingerprint density at radius 1 is 1.37 bits per heavy atom. The van der Waals surface area contributed by atoms with E-state index in [2.05, 4.69) is 5.32 Å². The van der Waals surface area contributed by atoms with Crippen molar-refractivity contribution in [2.75, 3.05) is 13.6 Å². The summed E-state index contributed by atoms with van der Waals surface area (Å²) >= 11 is 1.54. The maximum Gasteiger partial charge on any atom is 0.353 e. The molecule has 0 bridgehead atoms. The van der Waals surface area contributed by atoms with Gasteiger partial charge in [0.2, 0.25) is 11.8 Å². The molecule has 0 aliphatic carbocycles. The smallest absolute Gasteiger partial charge is 0.353 e. The summed E-state index contributed by atoms with van der Waals surface area (Å²) in [5.74, 6) is -1.87. The first kappa shape index (κ1) is 18.8. The van der Waals surface area contributed by atoms with E-state index in [4.69, 9.17) is 0 Å². The van der Waals surface area contributed by atoms with Gasteiger partial charge in [-0.3, -0.25) is 9.59 Å². The lowest BCUT2D eigenvalue weighted by Gasteiger charge is -2.46. The van der Waals surface area contributed by atoms with Crippen LogP contribution in [0.2, 0.25) is 0 Å².